The van der Waals surface area contributed by atoms with Crippen LogP contribution in [0.1, 0.15) is 39.5 Å². The van der Waals surface area contributed by atoms with Gasteiger partial charge >= 0.3 is 0 Å². The number of benzene rings is 1. The molecule has 0 bridgehead atoms. The molecule has 3 atom stereocenters. The predicted molar refractivity (Wildman–Crippen MR) is 103 cm³/mol. The van der Waals surface area contributed by atoms with Crippen molar-refractivity contribution < 1.29 is 14.3 Å². The molecule has 0 saturated heterocycles. The van der Waals surface area contributed by atoms with Gasteiger partial charge in [-0.15, -0.1) is 0 Å². The van der Waals surface area contributed by atoms with Crippen LogP contribution < -0.4 is 15.4 Å². The normalized spacial score (nSPS) is 21.1. The van der Waals surface area contributed by atoms with Crippen LogP contribution in [-0.4, -0.2) is 49.5 Å². The molecule has 0 heterocycles. The first-order chi connectivity index (χ1) is 12.4. The lowest BCUT2D eigenvalue weighted by molar-refractivity contribution is -0.127. The molecule has 2 amide bonds. The van der Waals surface area contributed by atoms with Crippen LogP contribution in [0.4, 0.5) is 5.69 Å². The van der Waals surface area contributed by atoms with Crippen LogP contribution in [0, 0.1) is 5.92 Å². The fraction of sp³-hybridized carbons (Fsp3) is 0.600. The van der Waals surface area contributed by atoms with E-state index < -0.39 is 0 Å². The average Bonchev–Trinajstić information content (AvgIpc) is 2.62. The van der Waals surface area contributed by atoms with Gasteiger partial charge in [0, 0.05) is 17.8 Å². The van der Waals surface area contributed by atoms with Crippen molar-refractivity contribution in [1.29, 1.82) is 0 Å². The van der Waals surface area contributed by atoms with E-state index in [-0.39, 0.29) is 30.4 Å². The maximum Gasteiger partial charge on any atom is 0.238 e. The van der Waals surface area contributed by atoms with Gasteiger partial charge in [-0.1, -0.05) is 25.8 Å². The van der Waals surface area contributed by atoms with Gasteiger partial charge in [-0.3, -0.25) is 14.5 Å². The summed E-state index contributed by atoms with van der Waals surface area (Å²) in [7, 11) is 3.38. The molecule has 1 aromatic carbocycles. The lowest BCUT2D eigenvalue weighted by Crippen LogP contribution is -2.50. The minimum absolute atomic E-state index is 0.0135. The molecule has 0 unspecified atom stereocenters. The first-order valence-electron chi connectivity index (χ1n) is 9.35. The summed E-state index contributed by atoms with van der Waals surface area (Å²) < 4.78 is 5.15. The van der Waals surface area contributed by atoms with Gasteiger partial charge in [0.15, 0.2) is 0 Å². The topological polar surface area (TPSA) is 70.7 Å². The van der Waals surface area contributed by atoms with Crippen LogP contribution in [0.15, 0.2) is 24.3 Å². The Hall–Kier alpha value is -2.08. The molecule has 6 nitrogen and oxygen atoms in total. The second-order valence-electron chi connectivity index (χ2n) is 7.25. The fourth-order valence-electron chi connectivity index (χ4n) is 3.30. The van der Waals surface area contributed by atoms with Crippen LogP contribution in [-0.2, 0) is 9.59 Å². The fourth-order valence-corrected chi connectivity index (χ4v) is 3.30. The zero-order valence-electron chi connectivity index (χ0n) is 16.2. The number of anilines is 1. The van der Waals surface area contributed by atoms with Crippen molar-refractivity contribution in [1.82, 2.24) is 10.2 Å². The molecule has 2 N–H and O–H groups in total. The van der Waals surface area contributed by atoms with Crippen molar-refractivity contribution >= 4 is 17.5 Å². The van der Waals surface area contributed by atoms with Gasteiger partial charge in [-0.25, -0.2) is 0 Å². The highest BCUT2D eigenvalue weighted by molar-refractivity contribution is 5.93. The van der Waals surface area contributed by atoms with E-state index in [1.54, 1.807) is 31.2 Å². The van der Waals surface area contributed by atoms with Crippen molar-refractivity contribution in [3.05, 3.63) is 24.3 Å². The Morgan fingerprint density at radius 3 is 2.73 bits per heavy atom. The SMILES string of the molecule is COc1cccc(NC(=O)CN(C)[C@H](C)C(=O)N[C@@H]2CCCC[C@@H]2C)c1. The van der Waals surface area contributed by atoms with Gasteiger partial charge in [0.2, 0.25) is 11.8 Å². The molecule has 0 spiro atoms. The van der Waals surface area contributed by atoms with E-state index in [1.165, 1.54) is 12.8 Å². The van der Waals surface area contributed by atoms with E-state index in [1.807, 2.05) is 19.1 Å². The van der Waals surface area contributed by atoms with Gasteiger partial charge in [-0.05, 0) is 44.9 Å². The molecular formula is C20H31N3O3. The molecule has 0 radical (unpaired) electrons. The average molecular weight is 361 g/mol. The summed E-state index contributed by atoms with van der Waals surface area (Å²) >= 11 is 0. The highest BCUT2D eigenvalue weighted by Gasteiger charge is 2.26. The molecule has 0 aromatic heterocycles. The first kappa shape index (κ1) is 20.2. The Kier molecular flexibility index (Phi) is 7.45. The van der Waals surface area contributed by atoms with E-state index in [2.05, 4.69) is 17.6 Å². The minimum Gasteiger partial charge on any atom is -0.497 e. The van der Waals surface area contributed by atoms with E-state index in [4.69, 9.17) is 4.74 Å². The molecule has 0 aliphatic heterocycles. The summed E-state index contributed by atoms with van der Waals surface area (Å²) in [5.41, 5.74) is 0.677. The molecule has 1 aliphatic rings. The predicted octanol–water partition coefficient (Wildman–Crippen LogP) is 2.65. The highest BCUT2D eigenvalue weighted by Crippen LogP contribution is 2.23. The highest BCUT2D eigenvalue weighted by atomic mass is 16.5. The minimum atomic E-state index is -0.361. The monoisotopic (exact) mass is 361 g/mol. The Morgan fingerprint density at radius 2 is 2.04 bits per heavy atom. The molecule has 1 aliphatic carbocycles. The molecule has 144 valence electrons. The smallest absolute Gasteiger partial charge is 0.238 e. The first-order valence-corrected chi connectivity index (χ1v) is 9.35. The number of amides is 2. The Bertz CT molecular complexity index is 620. The number of ether oxygens (including phenoxy) is 1. The number of hydrogen-bond acceptors (Lipinski definition) is 4. The van der Waals surface area contributed by atoms with Crippen molar-refractivity contribution in [2.45, 2.75) is 51.6 Å². The van der Waals surface area contributed by atoms with E-state index >= 15 is 0 Å². The number of likely N-dealkylation sites (N-methyl/N-ethyl adjacent to an activating group) is 1. The summed E-state index contributed by atoms with van der Waals surface area (Å²) in [6, 6.07) is 7.09. The van der Waals surface area contributed by atoms with Crippen LogP contribution in [0.3, 0.4) is 0 Å². The summed E-state index contributed by atoms with van der Waals surface area (Å²) in [5, 5.41) is 6.00. The van der Waals surface area contributed by atoms with Crippen LogP contribution in [0.5, 0.6) is 5.75 Å². The number of rotatable bonds is 7. The van der Waals surface area contributed by atoms with Gasteiger partial charge in [0.1, 0.15) is 5.75 Å². The van der Waals surface area contributed by atoms with Crippen molar-refractivity contribution in [2.75, 3.05) is 26.0 Å². The largest absolute Gasteiger partial charge is 0.497 e. The summed E-state index contributed by atoms with van der Waals surface area (Å²) in [6.07, 6.45) is 4.62. The zero-order chi connectivity index (χ0) is 19.1. The van der Waals surface area contributed by atoms with Gasteiger partial charge < -0.3 is 15.4 Å². The third-order valence-corrected chi connectivity index (χ3v) is 5.23. The molecule has 1 aromatic rings. The zero-order valence-corrected chi connectivity index (χ0v) is 16.2. The number of nitrogens with one attached hydrogen (secondary N) is 2. The summed E-state index contributed by atoms with van der Waals surface area (Å²) in [6.45, 7) is 4.17. The lowest BCUT2D eigenvalue weighted by Gasteiger charge is -2.32. The molecule has 1 saturated carbocycles. The quantitative estimate of drug-likeness (QED) is 0.783. The lowest BCUT2D eigenvalue weighted by atomic mass is 9.86. The molecule has 26 heavy (non-hydrogen) atoms. The Morgan fingerprint density at radius 1 is 1.31 bits per heavy atom. The third kappa shape index (κ3) is 5.73. The molecule has 1 fully saturated rings. The standard InChI is InChI=1S/C20H31N3O3/c1-14-8-5-6-11-18(14)22-20(25)15(2)23(3)13-19(24)21-16-9-7-10-17(12-16)26-4/h7,9-10,12,14-15,18H,5-6,8,11,13H2,1-4H3,(H,21,24)(H,22,25)/t14-,15+,18+/m0/s1. The molecule has 6 heteroatoms. The Labute approximate surface area is 156 Å². The van der Waals surface area contributed by atoms with Crippen LogP contribution in [0.2, 0.25) is 0 Å². The number of carbonyl (C=O) groups is 2. The van der Waals surface area contributed by atoms with Crippen LogP contribution >= 0.6 is 0 Å². The van der Waals surface area contributed by atoms with Crippen molar-refractivity contribution in [3.8, 4) is 5.75 Å². The number of nitrogens with zero attached hydrogens (tertiary/aromatic N) is 1. The van der Waals surface area contributed by atoms with Gasteiger partial charge in [-0.2, -0.15) is 0 Å². The second-order valence-corrected chi connectivity index (χ2v) is 7.25. The van der Waals surface area contributed by atoms with Gasteiger partial charge in [0.05, 0.1) is 19.7 Å². The Balaban J connectivity index is 1.83. The van der Waals surface area contributed by atoms with E-state index in [0.717, 1.165) is 12.8 Å². The second kappa shape index (κ2) is 9.57. The summed E-state index contributed by atoms with van der Waals surface area (Å²) in [5.74, 6) is 1.03. The van der Waals surface area contributed by atoms with Crippen molar-refractivity contribution in [3.63, 3.8) is 0 Å². The summed E-state index contributed by atoms with van der Waals surface area (Å²) in [4.78, 5) is 26.5. The number of carbonyl (C=O) groups excluding carboxylic acids is 2. The maximum atomic E-state index is 12.5. The maximum absolute atomic E-state index is 12.5. The van der Waals surface area contributed by atoms with Crippen molar-refractivity contribution in [2.24, 2.45) is 5.92 Å². The van der Waals surface area contributed by atoms with E-state index in [9.17, 15) is 9.59 Å². The van der Waals surface area contributed by atoms with Gasteiger partial charge in [0.25, 0.3) is 0 Å². The molecular weight excluding hydrogens is 330 g/mol. The third-order valence-electron chi connectivity index (χ3n) is 5.23. The van der Waals surface area contributed by atoms with Crippen LogP contribution in [0.25, 0.3) is 0 Å². The number of hydrogen-bond donors (Lipinski definition) is 2. The molecule has 2 rings (SSSR count). The number of methoxy groups -OCH3 is 1. The van der Waals surface area contributed by atoms with E-state index in [0.29, 0.717) is 17.4 Å².